The zero-order valence-electron chi connectivity index (χ0n) is 12.0. The minimum absolute atomic E-state index is 0.0263. The van der Waals surface area contributed by atoms with Crippen molar-refractivity contribution in [3.05, 3.63) is 29.3 Å². The molecule has 0 saturated carbocycles. The van der Waals surface area contributed by atoms with Crippen molar-refractivity contribution in [2.24, 2.45) is 0 Å². The number of urea groups is 1. The molecule has 4 amide bonds. The molecule has 1 fully saturated rings. The van der Waals surface area contributed by atoms with Crippen molar-refractivity contribution >= 4 is 41.2 Å². The van der Waals surface area contributed by atoms with Crippen LogP contribution in [0.4, 0.5) is 4.79 Å². The molecule has 0 unspecified atom stereocenters. The molecule has 0 aromatic heterocycles. The highest BCUT2D eigenvalue weighted by Crippen LogP contribution is 2.19. The van der Waals surface area contributed by atoms with Gasteiger partial charge in [-0.2, -0.15) is 0 Å². The number of nitrogens with zero attached hydrogens (tertiary/aromatic N) is 2. The van der Waals surface area contributed by atoms with Crippen LogP contribution in [0.3, 0.4) is 0 Å². The Labute approximate surface area is 137 Å². The fraction of sp³-hybridized carbons (Fsp3) is 0.357. The van der Waals surface area contributed by atoms with Gasteiger partial charge >= 0.3 is 6.03 Å². The van der Waals surface area contributed by atoms with Crippen LogP contribution in [0, 0.1) is 0 Å². The molecular formula is C14H16ClN3O3S. The molecule has 1 aliphatic rings. The highest BCUT2D eigenvalue weighted by Gasteiger charge is 2.34. The van der Waals surface area contributed by atoms with Gasteiger partial charge in [0.2, 0.25) is 5.91 Å². The van der Waals surface area contributed by atoms with Crippen molar-refractivity contribution in [3.8, 4) is 0 Å². The molecule has 0 atom stereocenters. The number of amides is 4. The number of benzene rings is 1. The van der Waals surface area contributed by atoms with Crippen molar-refractivity contribution in [1.82, 2.24) is 15.1 Å². The molecule has 6 nitrogen and oxygen atoms in total. The second kappa shape index (κ2) is 7.51. The third-order valence-corrected chi connectivity index (χ3v) is 4.30. The van der Waals surface area contributed by atoms with Crippen LogP contribution in [0.25, 0.3) is 0 Å². The van der Waals surface area contributed by atoms with E-state index in [4.69, 9.17) is 11.6 Å². The summed E-state index contributed by atoms with van der Waals surface area (Å²) in [5.74, 6) is 0.00159. The number of hydrogen-bond acceptors (Lipinski definition) is 4. The van der Waals surface area contributed by atoms with Crippen molar-refractivity contribution < 1.29 is 14.4 Å². The first kappa shape index (κ1) is 16.6. The highest BCUT2D eigenvalue weighted by molar-refractivity contribution is 7.99. The van der Waals surface area contributed by atoms with Gasteiger partial charge < -0.3 is 10.2 Å². The first-order valence-electron chi connectivity index (χ1n) is 6.68. The van der Waals surface area contributed by atoms with E-state index in [2.05, 4.69) is 5.32 Å². The number of carbonyl (C=O) groups excluding carboxylic acids is 3. The second-order valence-corrected chi connectivity index (χ2v) is 6.38. The zero-order valence-corrected chi connectivity index (χ0v) is 13.6. The zero-order chi connectivity index (χ0) is 16.1. The van der Waals surface area contributed by atoms with E-state index in [-0.39, 0.29) is 24.9 Å². The summed E-state index contributed by atoms with van der Waals surface area (Å²) < 4.78 is 0. The minimum Gasteiger partial charge on any atom is -0.354 e. The lowest BCUT2D eigenvalue weighted by Gasteiger charge is -2.13. The Morgan fingerprint density at radius 3 is 2.59 bits per heavy atom. The average Bonchev–Trinajstić information content (AvgIpc) is 2.72. The van der Waals surface area contributed by atoms with Gasteiger partial charge in [-0.05, 0) is 24.3 Å². The summed E-state index contributed by atoms with van der Waals surface area (Å²) in [6.07, 6.45) is 0. The van der Waals surface area contributed by atoms with Gasteiger partial charge in [0.15, 0.2) is 0 Å². The average molecular weight is 342 g/mol. The van der Waals surface area contributed by atoms with Gasteiger partial charge in [-0.25, -0.2) is 4.79 Å². The van der Waals surface area contributed by atoms with Crippen LogP contribution in [-0.4, -0.2) is 60.1 Å². The molecule has 0 spiro atoms. The van der Waals surface area contributed by atoms with Gasteiger partial charge in [0.25, 0.3) is 5.91 Å². The Bertz CT molecular complexity index is 579. The van der Waals surface area contributed by atoms with Crippen molar-refractivity contribution in [3.63, 3.8) is 0 Å². The summed E-state index contributed by atoms with van der Waals surface area (Å²) in [5, 5.41) is 3.38. The maximum absolute atomic E-state index is 11.8. The van der Waals surface area contributed by atoms with Gasteiger partial charge in [-0.15, -0.1) is 11.8 Å². The lowest BCUT2D eigenvalue weighted by atomic mass is 10.4. The summed E-state index contributed by atoms with van der Waals surface area (Å²) in [4.78, 5) is 38.2. The monoisotopic (exact) mass is 341 g/mol. The fourth-order valence-corrected chi connectivity index (χ4v) is 2.81. The molecule has 22 heavy (non-hydrogen) atoms. The molecule has 1 aromatic carbocycles. The molecule has 1 aromatic rings. The molecule has 8 heteroatoms. The standard InChI is InChI=1S/C14H16ClN3O3S/c1-17-9-13(20)18(14(17)21)8-12(19)16-6-7-22-11-4-2-10(15)3-5-11/h2-5H,6-9H2,1H3,(H,16,19). The molecule has 0 aliphatic carbocycles. The van der Waals surface area contributed by atoms with E-state index in [1.807, 2.05) is 24.3 Å². The second-order valence-electron chi connectivity index (χ2n) is 4.77. The third-order valence-electron chi connectivity index (χ3n) is 3.04. The SMILES string of the molecule is CN1CC(=O)N(CC(=O)NCCSc2ccc(Cl)cc2)C1=O. The predicted molar refractivity (Wildman–Crippen MR) is 84.9 cm³/mol. The largest absolute Gasteiger partial charge is 0.354 e. The third kappa shape index (κ3) is 4.38. The number of halogens is 1. The normalized spacial score (nSPS) is 14.6. The molecule has 118 valence electrons. The number of carbonyl (C=O) groups is 3. The van der Waals surface area contributed by atoms with E-state index in [9.17, 15) is 14.4 Å². The van der Waals surface area contributed by atoms with Crippen LogP contribution in [-0.2, 0) is 9.59 Å². The van der Waals surface area contributed by atoms with Gasteiger partial charge in [0.1, 0.15) is 13.1 Å². The van der Waals surface area contributed by atoms with E-state index >= 15 is 0 Å². The van der Waals surface area contributed by atoms with Crippen molar-refractivity contribution in [2.45, 2.75) is 4.90 Å². The van der Waals surface area contributed by atoms with Crippen LogP contribution in [0.1, 0.15) is 0 Å². The molecular weight excluding hydrogens is 326 g/mol. The minimum atomic E-state index is -0.435. The molecule has 1 N–H and O–H groups in total. The van der Waals surface area contributed by atoms with E-state index in [0.29, 0.717) is 17.3 Å². The van der Waals surface area contributed by atoms with E-state index < -0.39 is 6.03 Å². The molecule has 0 radical (unpaired) electrons. The molecule has 1 aliphatic heterocycles. The number of likely N-dealkylation sites (N-methyl/N-ethyl adjacent to an activating group) is 1. The lowest BCUT2D eigenvalue weighted by molar-refractivity contribution is -0.130. The van der Waals surface area contributed by atoms with Crippen LogP contribution < -0.4 is 5.32 Å². The van der Waals surface area contributed by atoms with Crippen LogP contribution in [0.5, 0.6) is 0 Å². The van der Waals surface area contributed by atoms with E-state index in [1.54, 1.807) is 11.8 Å². The fourth-order valence-electron chi connectivity index (χ4n) is 1.91. The van der Waals surface area contributed by atoms with Crippen molar-refractivity contribution in [2.75, 3.05) is 32.4 Å². The topological polar surface area (TPSA) is 69.7 Å². The highest BCUT2D eigenvalue weighted by atomic mass is 35.5. The lowest BCUT2D eigenvalue weighted by Crippen LogP contribution is -2.41. The summed E-state index contributed by atoms with van der Waals surface area (Å²) >= 11 is 7.39. The van der Waals surface area contributed by atoms with E-state index in [1.165, 1.54) is 11.9 Å². The van der Waals surface area contributed by atoms with Crippen LogP contribution >= 0.6 is 23.4 Å². The smallest absolute Gasteiger partial charge is 0.327 e. The van der Waals surface area contributed by atoms with Gasteiger partial charge in [-0.1, -0.05) is 11.6 Å². The Kier molecular flexibility index (Phi) is 5.68. The summed E-state index contributed by atoms with van der Waals surface area (Å²) in [7, 11) is 1.53. The quantitative estimate of drug-likeness (QED) is 0.483. The maximum Gasteiger partial charge on any atom is 0.327 e. The number of nitrogens with one attached hydrogen (secondary N) is 1. The number of hydrogen-bond donors (Lipinski definition) is 1. The first-order chi connectivity index (χ1) is 10.5. The number of thioether (sulfide) groups is 1. The first-order valence-corrected chi connectivity index (χ1v) is 8.04. The predicted octanol–water partition coefficient (Wildman–Crippen LogP) is 1.44. The molecule has 0 bridgehead atoms. The summed E-state index contributed by atoms with van der Waals surface area (Å²) in [6.45, 7) is 0.254. The summed E-state index contributed by atoms with van der Waals surface area (Å²) in [5.41, 5.74) is 0. The van der Waals surface area contributed by atoms with Gasteiger partial charge in [-0.3, -0.25) is 14.5 Å². The Morgan fingerprint density at radius 1 is 1.32 bits per heavy atom. The summed E-state index contributed by atoms with van der Waals surface area (Å²) in [6, 6.07) is 7.00. The molecule has 2 rings (SSSR count). The Morgan fingerprint density at radius 2 is 2.00 bits per heavy atom. The number of rotatable bonds is 6. The van der Waals surface area contributed by atoms with E-state index in [0.717, 1.165) is 9.80 Å². The molecule has 1 saturated heterocycles. The Hall–Kier alpha value is -1.73. The van der Waals surface area contributed by atoms with Crippen LogP contribution in [0.2, 0.25) is 5.02 Å². The van der Waals surface area contributed by atoms with Gasteiger partial charge in [0.05, 0.1) is 0 Å². The van der Waals surface area contributed by atoms with Crippen LogP contribution in [0.15, 0.2) is 29.2 Å². The van der Waals surface area contributed by atoms with Gasteiger partial charge in [0, 0.05) is 29.3 Å². The number of imide groups is 1. The Balaban J connectivity index is 1.69. The van der Waals surface area contributed by atoms with Crippen molar-refractivity contribution in [1.29, 1.82) is 0 Å². The maximum atomic E-state index is 11.8. The molecule has 1 heterocycles.